The Morgan fingerprint density at radius 2 is 1.89 bits per heavy atom. The minimum absolute atomic E-state index is 0.297. The van der Waals surface area contributed by atoms with Crippen LogP contribution < -0.4 is 0 Å². The number of hydrogen-bond donors (Lipinski definition) is 0. The zero-order valence-electron chi connectivity index (χ0n) is 9.38. The Labute approximate surface area is 110 Å². The Morgan fingerprint density at radius 3 is 2.50 bits per heavy atom. The summed E-state index contributed by atoms with van der Waals surface area (Å²) in [4.78, 5) is 16.1. The van der Waals surface area contributed by atoms with Crippen LogP contribution in [0.4, 0.5) is 0 Å². The zero-order valence-corrected chi connectivity index (χ0v) is 10.1. The van der Waals surface area contributed by atoms with Crippen LogP contribution >= 0.6 is 11.6 Å². The van der Waals surface area contributed by atoms with Crippen LogP contribution in [0, 0.1) is 11.3 Å². The highest BCUT2D eigenvalue weighted by Gasteiger charge is 2.23. The molecule has 3 nitrogen and oxygen atoms in total. The summed E-state index contributed by atoms with van der Waals surface area (Å²) in [6.45, 7) is 0. The zero-order chi connectivity index (χ0) is 13.0. The Kier molecular flexibility index (Phi) is 3.71. The summed E-state index contributed by atoms with van der Waals surface area (Å²) in [6, 6.07) is 12.0. The lowest BCUT2D eigenvalue weighted by atomic mass is 9.92. The number of pyridine rings is 1. The molecular weight excluding hydrogens is 248 g/mol. The molecule has 0 saturated heterocycles. The molecule has 0 radical (unpaired) electrons. The Balaban J connectivity index is 2.39. The molecule has 0 saturated carbocycles. The predicted octanol–water partition coefficient (Wildman–Crippen LogP) is 3.23. The highest BCUT2D eigenvalue weighted by molar-refractivity contribution is 6.34. The topological polar surface area (TPSA) is 53.8 Å². The van der Waals surface area contributed by atoms with Crippen molar-refractivity contribution in [1.82, 2.24) is 4.98 Å². The summed E-state index contributed by atoms with van der Waals surface area (Å²) in [6.07, 6.45) is 3.11. The summed E-state index contributed by atoms with van der Waals surface area (Å²) in [5.41, 5.74) is 0.986. The number of nitriles is 1. The number of carbonyl (C=O) groups excluding carboxylic acids is 1. The third-order valence-corrected chi connectivity index (χ3v) is 2.90. The van der Waals surface area contributed by atoms with E-state index in [0.29, 0.717) is 16.1 Å². The number of benzene rings is 1. The van der Waals surface area contributed by atoms with E-state index in [1.807, 2.05) is 6.07 Å². The lowest BCUT2D eigenvalue weighted by Gasteiger charge is -2.09. The molecule has 0 aliphatic carbocycles. The average molecular weight is 257 g/mol. The maximum Gasteiger partial charge on any atom is 0.185 e. The summed E-state index contributed by atoms with van der Waals surface area (Å²) >= 11 is 5.97. The fourth-order valence-corrected chi connectivity index (χ4v) is 1.89. The van der Waals surface area contributed by atoms with Crippen molar-refractivity contribution in [3.8, 4) is 6.07 Å². The van der Waals surface area contributed by atoms with Gasteiger partial charge >= 0.3 is 0 Å². The molecule has 0 aliphatic rings. The third kappa shape index (κ3) is 2.39. The van der Waals surface area contributed by atoms with Crippen molar-refractivity contribution in [1.29, 1.82) is 5.26 Å². The molecule has 0 spiro atoms. The third-order valence-electron chi connectivity index (χ3n) is 2.57. The molecule has 1 atom stereocenters. The van der Waals surface area contributed by atoms with Crippen LogP contribution in [0.25, 0.3) is 0 Å². The average Bonchev–Trinajstić information content (AvgIpc) is 2.41. The smallest absolute Gasteiger partial charge is 0.185 e. The number of hydrogen-bond acceptors (Lipinski definition) is 3. The molecule has 2 aromatic rings. The lowest BCUT2D eigenvalue weighted by molar-refractivity contribution is 0.0979. The van der Waals surface area contributed by atoms with Crippen LogP contribution in [0.3, 0.4) is 0 Å². The van der Waals surface area contributed by atoms with Crippen LogP contribution in [0.15, 0.2) is 48.8 Å². The van der Waals surface area contributed by atoms with Crippen molar-refractivity contribution in [2.24, 2.45) is 0 Å². The fraction of sp³-hybridized carbons (Fsp3) is 0.0714. The van der Waals surface area contributed by atoms with Crippen LogP contribution in [-0.4, -0.2) is 10.8 Å². The molecule has 0 amide bonds. The van der Waals surface area contributed by atoms with E-state index in [-0.39, 0.29) is 5.78 Å². The monoisotopic (exact) mass is 256 g/mol. The van der Waals surface area contributed by atoms with Gasteiger partial charge in [0, 0.05) is 18.0 Å². The molecule has 1 aromatic carbocycles. The van der Waals surface area contributed by atoms with Crippen molar-refractivity contribution in [2.45, 2.75) is 5.92 Å². The van der Waals surface area contributed by atoms with Crippen molar-refractivity contribution in [2.75, 3.05) is 0 Å². The quantitative estimate of drug-likeness (QED) is 0.793. The Bertz CT molecular complexity index is 605. The number of aromatic nitrogens is 1. The highest BCUT2D eigenvalue weighted by atomic mass is 35.5. The highest BCUT2D eigenvalue weighted by Crippen LogP contribution is 2.24. The summed E-state index contributed by atoms with van der Waals surface area (Å²) in [5.74, 6) is -1.15. The maximum atomic E-state index is 12.3. The van der Waals surface area contributed by atoms with E-state index in [9.17, 15) is 4.79 Å². The first-order valence-corrected chi connectivity index (χ1v) is 5.70. The van der Waals surface area contributed by atoms with Crippen molar-refractivity contribution >= 4 is 17.4 Å². The van der Waals surface area contributed by atoms with Gasteiger partial charge in [-0.1, -0.05) is 23.7 Å². The molecule has 0 bridgehead atoms. The molecule has 1 unspecified atom stereocenters. The minimum Gasteiger partial charge on any atom is -0.292 e. The van der Waals surface area contributed by atoms with E-state index >= 15 is 0 Å². The standard InChI is InChI=1S/C14H9ClN2O/c15-13-4-2-1-3-11(13)14(18)12(9-16)10-5-7-17-8-6-10/h1-8,12H. The molecule has 2 rings (SSSR count). The van der Waals surface area contributed by atoms with Gasteiger partial charge in [0.15, 0.2) is 5.78 Å². The summed E-state index contributed by atoms with van der Waals surface area (Å²) < 4.78 is 0. The number of halogens is 1. The molecule has 1 aromatic heterocycles. The van der Waals surface area contributed by atoms with Crippen molar-refractivity contribution < 1.29 is 4.79 Å². The van der Waals surface area contributed by atoms with E-state index in [2.05, 4.69) is 4.98 Å². The van der Waals surface area contributed by atoms with Gasteiger partial charge in [0.25, 0.3) is 0 Å². The molecular formula is C14H9ClN2O. The Hall–Kier alpha value is -2.18. The Morgan fingerprint density at radius 1 is 1.22 bits per heavy atom. The fourth-order valence-electron chi connectivity index (χ4n) is 1.66. The first kappa shape index (κ1) is 12.3. The molecule has 1 heterocycles. The molecule has 0 N–H and O–H groups in total. The summed E-state index contributed by atoms with van der Waals surface area (Å²) in [5, 5.41) is 9.53. The van der Waals surface area contributed by atoms with Gasteiger partial charge in [0.05, 0.1) is 11.1 Å². The van der Waals surface area contributed by atoms with E-state index < -0.39 is 5.92 Å². The van der Waals surface area contributed by atoms with Crippen molar-refractivity contribution in [3.63, 3.8) is 0 Å². The second-order valence-electron chi connectivity index (χ2n) is 3.69. The van der Waals surface area contributed by atoms with Crippen LogP contribution in [0.5, 0.6) is 0 Å². The van der Waals surface area contributed by atoms with Crippen LogP contribution in [0.1, 0.15) is 21.8 Å². The normalized spacial score (nSPS) is 11.6. The SMILES string of the molecule is N#CC(C(=O)c1ccccc1Cl)c1ccncc1. The number of Topliss-reactive ketones (excluding diaryl/α,β-unsaturated/α-hetero) is 1. The van der Waals surface area contributed by atoms with E-state index in [1.165, 1.54) is 0 Å². The molecule has 0 aliphatic heterocycles. The van der Waals surface area contributed by atoms with Gasteiger partial charge in [-0.05, 0) is 29.8 Å². The van der Waals surface area contributed by atoms with Gasteiger partial charge in [0.2, 0.25) is 0 Å². The second-order valence-corrected chi connectivity index (χ2v) is 4.09. The van der Waals surface area contributed by atoms with Crippen LogP contribution in [-0.2, 0) is 0 Å². The van der Waals surface area contributed by atoms with Gasteiger partial charge in [-0.15, -0.1) is 0 Å². The van der Waals surface area contributed by atoms with E-state index in [4.69, 9.17) is 16.9 Å². The maximum absolute atomic E-state index is 12.3. The summed E-state index contributed by atoms with van der Waals surface area (Å²) in [7, 11) is 0. The lowest BCUT2D eigenvalue weighted by Crippen LogP contribution is -2.11. The molecule has 0 fully saturated rings. The van der Waals surface area contributed by atoms with E-state index in [1.54, 1.807) is 48.8 Å². The minimum atomic E-state index is -0.854. The van der Waals surface area contributed by atoms with Crippen LogP contribution in [0.2, 0.25) is 5.02 Å². The van der Waals surface area contributed by atoms with Gasteiger partial charge in [-0.3, -0.25) is 9.78 Å². The van der Waals surface area contributed by atoms with Gasteiger partial charge in [0.1, 0.15) is 5.92 Å². The largest absolute Gasteiger partial charge is 0.292 e. The van der Waals surface area contributed by atoms with Gasteiger partial charge in [-0.25, -0.2) is 0 Å². The van der Waals surface area contributed by atoms with Gasteiger partial charge < -0.3 is 0 Å². The number of rotatable bonds is 3. The second kappa shape index (κ2) is 5.44. The first-order valence-electron chi connectivity index (χ1n) is 5.32. The van der Waals surface area contributed by atoms with Crippen molar-refractivity contribution in [3.05, 3.63) is 64.9 Å². The number of ketones is 1. The number of carbonyl (C=O) groups is 1. The molecule has 18 heavy (non-hydrogen) atoms. The predicted molar refractivity (Wildman–Crippen MR) is 68.4 cm³/mol. The first-order chi connectivity index (χ1) is 8.74. The van der Waals surface area contributed by atoms with Gasteiger partial charge in [-0.2, -0.15) is 5.26 Å². The number of nitrogens with zero attached hydrogens (tertiary/aromatic N) is 2. The van der Waals surface area contributed by atoms with E-state index in [0.717, 1.165) is 0 Å². The molecule has 4 heteroatoms. The molecule has 88 valence electrons.